The Hall–Kier alpha value is -2.70. The van der Waals surface area contributed by atoms with Crippen molar-refractivity contribution in [1.29, 1.82) is 0 Å². The number of hydrogen-bond acceptors (Lipinski definition) is 3. The number of rotatable bonds is 6. The van der Waals surface area contributed by atoms with E-state index in [1.807, 2.05) is 0 Å². The summed E-state index contributed by atoms with van der Waals surface area (Å²) in [6.07, 6.45) is 2.72. The van der Waals surface area contributed by atoms with Gasteiger partial charge in [-0.25, -0.2) is 0 Å². The van der Waals surface area contributed by atoms with Crippen LogP contribution in [0.15, 0.2) is 106 Å². The predicted molar refractivity (Wildman–Crippen MR) is 138 cm³/mol. The largest absolute Gasteiger partial charge is 0.544 e. The highest BCUT2D eigenvalue weighted by Crippen LogP contribution is 2.62. The molecule has 0 amide bonds. The van der Waals surface area contributed by atoms with Crippen LogP contribution < -0.4 is 5.11 Å². The monoisotopic (exact) mass is 522 g/mol. The minimum atomic E-state index is -4.13. The Balaban J connectivity index is 0.000000152. The molecule has 3 aromatic rings. The lowest BCUT2D eigenvalue weighted by Gasteiger charge is -2.59. The summed E-state index contributed by atoms with van der Waals surface area (Å²) in [6.45, 7) is 0. The fraction of sp³-hybridized carbons (Fsp3) is 0.387. The topological polar surface area (TPSA) is 60.4 Å². The van der Waals surface area contributed by atoms with E-state index in [9.17, 15) is 23.8 Å². The highest BCUT2D eigenvalue weighted by Gasteiger charge is 2.60. The third-order valence-electron chi connectivity index (χ3n) is 8.22. The van der Waals surface area contributed by atoms with E-state index in [2.05, 4.69) is 91.0 Å². The lowest BCUT2D eigenvalue weighted by Crippen LogP contribution is -2.61. The summed E-state index contributed by atoms with van der Waals surface area (Å²) in [5.41, 5.74) is -0.891. The summed E-state index contributed by atoms with van der Waals surface area (Å²) in [4.78, 5) is 14.6. The fourth-order valence-electron chi connectivity index (χ4n) is 7.09. The SMILES string of the molecule is O=C([O-])C(F)(F)C(O)C12CC3CC(CC(C3)C1)C2.c1ccc([S+](c2ccccc2)c2ccccc2)cc1. The minimum Gasteiger partial charge on any atom is -0.544 e. The van der Waals surface area contributed by atoms with Crippen molar-refractivity contribution in [3.05, 3.63) is 91.0 Å². The number of carboxylic acids is 1. The molecule has 0 aromatic heterocycles. The molecule has 0 saturated heterocycles. The van der Waals surface area contributed by atoms with Crippen LogP contribution in [0.1, 0.15) is 38.5 Å². The van der Waals surface area contributed by atoms with E-state index in [-0.39, 0.29) is 10.9 Å². The van der Waals surface area contributed by atoms with Gasteiger partial charge in [-0.05, 0) is 92.7 Å². The minimum absolute atomic E-state index is 0.0146. The summed E-state index contributed by atoms with van der Waals surface area (Å²) in [7, 11) is -0.0146. The number of halogens is 2. The van der Waals surface area contributed by atoms with E-state index in [0.29, 0.717) is 37.0 Å². The number of hydrogen-bond donors (Lipinski definition) is 1. The second kappa shape index (κ2) is 10.6. The van der Waals surface area contributed by atoms with E-state index < -0.39 is 23.4 Å². The maximum absolute atomic E-state index is 13.5. The van der Waals surface area contributed by atoms with Gasteiger partial charge in [-0.15, -0.1) is 0 Å². The van der Waals surface area contributed by atoms with Gasteiger partial charge in [0.05, 0.1) is 10.9 Å². The number of aliphatic carboxylic acids is 1. The Morgan fingerprint density at radius 1 is 0.757 bits per heavy atom. The molecule has 4 saturated carbocycles. The molecule has 1 unspecified atom stereocenters. The molecule has 3 aromatic carbocycles. The zero-order valence-electron chi connectivity index (χ0n) is 20.6. The molecule has 0 aliphatic heterocycles. The molecule has 194 valence electrons. The Labute approximate surface area is 219 Å². The van der Waals surface area contributed by atoms with Crippen molar-refractivity contribution in [2.45, 2.75) is 65.2 Å². The molecule has 37 heavy (non-hydrogen) atoms. The maximum atomic E-state index is 13.5. The second-order valence-electron chi connectivity index (χ2n) is 10.8. The molecular weight excluding hydrogens is 490 g/mol. The highest BCUT2D eigenvalue weighted by atomic mass is 32.2. The van der Waals surface area contributed by atoms with Crippen LogP contribution in [0.5, 0.6) is 0 Å². The first-order chi connectivity index (χ1) is 17.8. The standard InChI is InChI=1S/C18H15S.C13H18F2O3/c1-4-10-16(11-5-1)19(17-12-6-2-7-13-17)18-14-8-3-9-15-18;14-13(15,11(17)18)10(16)12-4-7-1-8(5-12)3-9(2-7)6-12/h1-15H;7-10,16H,1-6H2,(H,17,18)/q+1;/p-1. The van der Waals surface area contributed by atoms with Crippen LogP contribution in [0.4, 0.5) is 8.78 Å². The van der Waals surface area contributed by atoms with Crippen LogP contribution in [0.25, 0.3) is 0 Å². The Bertz CT molecular complexity index is 1060. The van der Waals surface area contributed by atoms with Gasteiger partial charge >= 0.3 is 5.92 Å². The van der Waals surface area contributed by atoms with Gasteiger partial charge in [0.15, 0.2) is 14.7 Å². The van der Waals surface area contributed by atoms with Gasteiger partial charge in [0.2, 0.25) is 0 Å². The lowest BCUT2D eigenvalue weighted by atomic mass is 9.47. The first-order valence-electron chi connectivity index (χ1n) is 13.0. The molecule has 4 bridgehead atoms. The van der Waals surface area contributed by atoms with Gasteiger partial charge in [0, 0.05) is 5.41 Å². The van der Waals surface area contributed by atoms with Gasteiger partial charge in [-0.3, -0.25) is 0 Å². The van der Waals surface area contributed by atoms with Gasteiger partial charge in [0.25, 0.3) is 0 Å². The molecule has 4 fully saturated rings. The van der Waals surface area contributed by atoms with Crippen LogP contribution in [0.2, 0.25) is 0 Å². The molecule has 1 atom stereocenters. The summed E-state index contributed by atoms with van der Waals surface area (Å²) < 4.78 is 27.1. The summed E-state index contributed by atoms with van der Waals surface area (Å²) in [6, 6.07) is 32.2. The number of aliphatic hydroxyl groups excluding tert-OH is 1. The van der Waals surface area contributed by atoms with E-state index in [1.165, 1.54) is 14.7 Å². The molecule has 6 heteroatoms. The van der Waals surface area contributed by atoms with Gasteiger partial charge in [-0.2, -0.15) is 8.78 Å². The molecule has 0 radical (unpaired) electrons. The third kappa shape index (κ3) is 5.32. The van der Waals surface area contributed by atoms with Crippen molar-refractivity contribution in [3.63, 3.8) is 0 Å². The third-order valence-corrected chi connectivity index (χ3v) is 10.4. The molecule has 0 spiro atoms. The average Bonchev–Trinajstić information content (AvgIpc) is 2.90. The predicted octanol–water partition coefficient (Wildman–Crippen LogP) is 5.73. The Kier molecular flexibility index (Phi) is 7.42. The van der Waals surface area contributed by atoms with E-state index in [0.717, 1.165) is 19.3 Å². The van der Waals surface area contributed by atoms with E-state index in [1.54, 1.807) is 0 Å². The number of benzene rings is 3. The zero-order chi connectivity index (χ0) is 26.0. The normalized spacial score (nSPS) is 26.9. The highest BCUT2D eigenvalue weighted by molar-refractivity contribution is 7.97. The van der Waals surface area contributed by atoms with Crippen molar-refractivity contribution < 1.29 is 23.8 Å². The van der Waals surface area contributed by atoms with Crippen LogP contribution in [0, 0.1) is 23.2 Å². The van der Waals surface area contributed by atoms with Crippen molar-refractivity contribution in [1.82, 2.24) is 0 Å². The van der Waals surface area contributed by atoms with Crippen molar-refractivity contribution in [3.8, 4) is 0 Å². The van der Waals surface area contributed by atoms with Gasteiger partial charge in [0.1, 0.15) is 12.1 Å². The summed E-state index contributed by atoms with van der Waals surface area (Å²) in [5.74, 6) is -5.41. The van der Waals surface area contributed by atoms with Gasteiger partial charge in [-0.1, -0.05) is 54.6 Å². The first-order valence-corrected chi connectivity index (χ1v) is 14.2. The molecule has 7 rings (SSSR count). The Morgan fingerprint density at radius 2 is 1.08 bits per heavy atom. The fourth-order valence-corrected chi connectivity index (χ4v) is 9.19. The first kappa shape index (κ1) is 25.9. The number of carbonyl (C=O) groups is 1. The maximum Gasteiger partial charge on any atom is 0.312 e. The van der Waals surface area contributed by atoms with Crippen LogP contribution >= 0.6 is 0 Å². The summed E-state index contributed by atoms with van der Waals surface area (Å²) in [5, 5.41) is 20.5. The van der Waals surface area contributed by atoms with Crippen molar-refractivity contribution in [2.75, 3.05) is 0 Å². The molecule has 0 heterocycles. The summed E-state index contributed by atoms with van der Waals surface area (Å²) >= 11 is 0. The average molecular weight is 523 g/mol. The molecule has 4 aliphatic rings. The quantitative estimate of drug-likeness (QED) is 0.421. The molecule has 1 N–H and O–H groups in total. The van der Waals surface area contributed by atoms with Crippen LogP contribution in [0.3, 0.4) is 0 Å². The smallest absolute Gasteiger partial charge is 0.312 e. The lowest BCUT2D eigenvalue weighted by molar-refractivity contribution is -0.342. The van der Waals surface area contributed by atoms with Crippen molar-refractivity contribution >= 4 is 16.9 Å². The molecule has 3 nitrogen and oxygen atoms in total. The van der Waals surface area contributed by atoms with Crippen LogP contribution in [-0.2, 0) is 15.7 Å². The van der Waals surface area contributed by atoms with Crippen molar-refractivity contribution in [2.24, 2.45) is 23.2 Å². The van der Waals surface area contributed by atoms with E-state index >= 15 is 0 Å². The van der Waals surface area contributed by atoms with Gasteiger partial charge < -0.3 is 15.0 Å². The second-order valence-corrected chi connectivity index (χ2v) is 12.9. The number of carboxylic acid groups (broad SMARTS) is 1. The zero-order valence-corrected chi connectivity index (χ0v) is 21.5. The number of aliphatic hydroxyl groups is 1. The number of carbonyl (C=O) groups excluding carboxylic acids is 1. The Morgan fingerprint density at radius 3 is 1.38 bits per heavy atom. The van der Waals surface area contributed by atoms with Crippen LogP contribution in [-0.4, -0.2) is 23.1 Å². The molecular formula is C31H32F2O3S. The molecule has 4 aliphatic carbocycles. The van der Waals surface area contributed by atoms with E-state index in [4.69, 9.17) is 0 Å². The number of alkyl halides is 2.